The van der Waals surface area contributed by atoms with Crippen LogP contribution in [0.1, 0.15) is 61.3 Å². The molecule has 0 spiro atoms. The Hall–Kier alpha value is -3.93. The summed E-state index contributed by atoms with van der Waals surface area (Å²) < 4.78 is 0. The lowest BCUT2D eigenvalue weighted by Gasteiger charge is -2.10. The molecule has 0 aromatic rings. The van der Waals surface area contributed by atoms with E-state index in [1.165, 1.54) is 11.1 Å². The number of aliphatic carboxylic acids is 1. The Bertz CT molecular complexity index is 1540. The standard InChI is InChI=1S/C31H32N4O2/c1-8-21-16(4)24-12-23-15(3)10-20(32-23)11-29-30(19(7)31(36)37)18(6)26(35-29)13-25-17(5)22(9-2)28(34-25)14-27(21)33-24/h10-14,19H,8-9H2,1-7H3,(H,36,37). The summed E-state index contributed by atoms with van der Waals surface area (Å²) in [5, 5.41) is 9.84. The molecule has 188 valence electrons. The third-order valence-corrected chi connectivity index (χ3v) is 7.71. The predicted octanol–water partition coefficient (Wildman–Crippen LogP) is 6.79. The number of carbonyl (C=O) groups is 1. The van der Waals surface area contributed by atoms with E-state index in [1.807, 2.05) is 38.2 Å². The van der Waals surface area contributed by atoms with Gasteiger partial charge in [-0.1, -0.05) is 13.8 Å². The molecule has 0 aromatic heterocycles. The van der Waals surface area contributed by atoms with Gasteiger partial charge in [0, 0.05) is 0 Å². The molecule has 5 aliphatic rings. The quantitative estimate of drug-likeness (QED) is 0.468. The Morgan fingerprint density at radius 1 is 0.703 bits per heavy atom. The first-order valence-electron chi connectivity index (χ1n) is 12.9. The van der Waals surface area contributed by atoms with E-state index in [4.69, 9.17) is 20.0 Å². The second-order valence-electron chi connectivity index (χ2n) is 9.99. The molecule has 0 aromatic carbocycles. The van der Waals surface area contributed by atoms with E-state index in [0.29, 0.717) is 11.3 Å². The van der Waals surface area contributed by atoms with E-state index in [1.54, 1.807) is 6.92 Å². The summed E-state index contributed by atoms with van der Waals surface area (Å²) in [7, 11) is 0. The van der Waals surface area contributed by atoms with Crippen molar-refractivity contribution >= 4 is 28.8 Å². The third kappa shape index (κ3) is 4.10. The summed E-state index contributed by atoms with van der Waals surface area (Å²) in [5.74, 6) is -1.58. The van der Waals surface area contributed by atoms with Crippen molar-refractivity contribution < 1.29 is 9.90 Å². The molecule has 5 rings (SSSR count). The van der Waals surface area contributed by atoms with E-state index in [0.717, 1.165) is 75.1 Å². The number of allylic oxidation sites excluding steroid dienone is 11. The van der Waals surface area contributed by atoms with Crippen LogP contribution in [0.25, 0.3) is 0 Å². The predicted molar refractivity (Wildman–Crippen MR) is 151 cm³/mol. The lowest BCUT2D eigenvalue weighted by molar-refractivity contribution is -0.139. The molecule has 1 N–H and O–H groups in total. The first kappa shape index (κ1) is 24.8. The fourth-order valence-corrected chi connectivity index (χ4v) is 5.50. The minimum atomic E-state index is -0.879. The van der Waals surface area contributed by atoms with Gasteiger partial charge in [0.2, 0.25) is 0 Å². The second kappa shape index (κ2) is 9.18. The Kier molecular flexibility index (Phi) is 6.14. The molecular formula is C31H32N4O2. The SMILES string of the molecule is CCC1=C(C)C2=NC1=CC1=NC(=CC3=NC(=CC4=NC(=C2)C(C)=C4C(C)C(=O)O)C=C3C)C(C)=C1CC. The van der Waals surface area contributed by atoms with Crippen molar-refractivity contribution in [3.8, 4) is 0 Å². The van der Waals surface area contributed by atoms with Crippen LogP contribution in [0.4, 0.5) is 0 Å². The molecule has 0 fully saturated rings. The van der Waals surface area contributed by atoms with E-state index in [-0.39, 0.29) is 0 Å². The number of hydrogen-bond acceptors (Lipinski definition) is 5. The van der Waals surface area contributed by atoms with Crippen LogP contribution in [0.2, 0.25) is 0 Å². The topological polar surface area (TPSA) is 86.7 Å². The summed E-state index contributed by atoms with van der Waals surface area (Å²) in [4.78, 5) is 31.8. The van der Waals surface area contributed by atoms with Gasteiger partial charge in [-0.3, -0.25) is 4.79 Å². The zero-order chi connectivity index (χ0) is 26.6. The van der Waals surface area contributed by atoms with Gasteiger partial charge in [0.15, 0.2) is 0 Å². The summed E-state index contributed by atoms with van der Waals surface area (Å²) in [6.45, 7) is 14.2. The molecule has 1 atom stereocenters. The van der Waals surface area contributed by atoms with Crippen molar-refractivity contribution in [1.29, 1.82) is 0 Å². The van der Waals surface area contributed by atoms with Gasteiger partial charge in [-0.15, -0.1) is 0 Å². The zero-order valence-electron chi connectivity index (χ0n) is 22.5. The summed E-state index contributed by atoms with van der Waals surface area (Å²) >= 11 is 0. The second-order valence-corrected chi connectivity index (χ2v) is 9.99. The minimum Gasteiger partial charge on any atom is -0.481 e. The van der Waals surface area contributed by atoms with Crippen LogP contribution >= 0.6 is 0 Å². The lowest BCUT2D eigenvalue weighted by Crippen LogP contribution is -2.17. The van der Waals surface area contributed by atoms with Gasteiger partial charge >= 0.3 is 5.97 Å². The number of aliphatic imine (C=N–C) groups is 4. The number of rotatable bonds is 4. The van der Waals surface area contributed by atoms with Crippen LogP contribution in [-0.2, 0) is 4.79 Å². The lowest BCUT2D eigenvalue weighted by atomic mass is 9.92. The highest BCUT2D eigenvalue weighted by Gasteiger charge is 2.30. The highest BCUT2D eigenvalue weighted by atomic mass is 16.4. The highest BCUT2D eigenvalue weighted by molar-refractivity contribution is 6.20. The molecule has 8 bridgehead atoms. The molecule has 0 saturated carbocycles. The van der Waals surface area contributed by atoms with E-state index < -0.39 is 11.9 Å². The minimum absolute atomic E-state index is 0.639. The Morgan fingerprint density at radius 2 is 1.30 bits per heavy atom. The smallest absolute Gasteiger partial charge is 0.310 e. The molecular weight excluding hydrogens is 460 g/mol. The van der Waals surface area contributed by atoms with Gasteiger partial charge < -0.3 is 5.11 Å². The molecule has 0 amide bonds. The van der Waals surface area contributed by atoms with Gasteiger partial charge in [-0.25, -0.2) is 20.0 Å². The molecule has 0 aliphatic carbocycles. The summed E-state index contributed by atoms with van der Waals surface area (Å²) in [5.41, 5.74) is 13.9. The van der Waals surface area contributed by atoms with Crippen LogP contribution in [0.3, 0.4) is 0 Å². The first-order chi connectivity index (χ1) is 17.6. The molecule has 1 unspecified atom stereocenters. The zero-order valence-corrected chi connectivity index (χ0v) is 22.5. The van der Waals surface area contributed by atoms with Crippen molar-refractivity contribution in [2.45, 2.75) is 61.3 Å². The molecule has 5 heterocycles. The van der Waals surface area contributed by atoms with E-state index >= 15 is 0 Å². The fraction of sp³-hybridized carbons (Fsp3) is 0.323. The maximum Gasteiger partial charge on any atom is 0.310 e. The maximum atomic E-state index is 12.0. The molecule has 0 radical (unpaired) electrons. The number of hydrogen-bond donors (Lipinski definition) is 1. The Labute approximate surface area is 218 Å². The fourth-order valence-electron chi connectivity index (χ4n) is 5.50. The van der Waals surface area contributed by atoms with Gasteiger partial charge in [-0.05, 0) is 117 Å². The third-order valence-electron chi connectivity index (χ3n) is 7.71. The maximum absolute atomic E-state index is 12.0. The Balaban J connectivity index is 1.79. The summed E-state index contributed by atoms with van der Waals surface area (Å²) in [6, 6.07) is 0. The number of carboxylic acid groups (broad SMARTS) is 1. The first-order valence-corrected chi connectivity index (χ1v) is 12.9. The number of fused-ring (bicyclic) bond motifs is 4. The van der Waals surface area contributed by atoms with Gasteiger partial charge in [0.1, 0.15) is 0 Å². The number of carboxylic acids is 1. The molecule has 0 saturated heterocycles. The molecule has 37 heavy (non-hydrogen) atoms. The van der Waals surface area contributed by atoms with E-state index in [2.05, 4.69) is 33.8 Å². The number of nitrogens with zero attached hydrogens (tertiary/aromatic N) is 4. The van der Waals surface area contributed by atoms with Crippen molar-refractivity contribution in [1.82, 2.24) is 0 Å². The van der Waals surface area contributed by atoms with Crippen molar-refractivity contribution in [2.75, 3.05) is 0 Å². The van der Waals surface area contributed by atoms with Gasteiger partial charge in [0.25, 0.3) is 0 Å². The van der Waals surface area contributed by atoms with Crippen molar-refractivity contribution in [3.63, 3.8) is 0 Å². The van der Waals surface area contributed by atoms with Crippen LogP contribution < -0.4 is 0 Å². The average molecular weight is 493 g/mol. The van der Waals surface area contributed by atoms with Gasteiger partial charge in [0.05, 0.1) is 51.6 Å². The van der Waals surface area contributed by atoms with Crippen LogP contribution in [0.15, 0.2) is 112 Å². The van der Waals surface area contributed by atoms with Crippen molar-refractivity contribution in [3.05, 3.63) is 92.2 Å². The summed E-state index contributed by atoms with van der Waals surface area (Å²) in [6.07, 6.45) is 11.8. The molecule has 6 heteroatoms. The van der Waals surface area contributed by atoms with Crippen LogP contribution in [0, 0.1) is 5.92 Å². The van der Waals surface area contributed by atoms with E-state index in [9.17, 15) is 9.90 Å². The van der Waals surface area contributed by atoms with Crippen LogP contribution in [0.5, 0.6) is 0 Å². The Morgan fingerprint density at radius 3 is 1.97 bits per heavy atom. The normalized spacial score (nSPS) is 21.8. The molecule has 5 aliphatic heterocycles. The van der Waals surface area contributed by atoms with Crippen molar-refractivity contribution in [2.24, 2.45) is 25.9 Å². The average Bonchev–Trinajstić information content (AvgIpc) is 3.53. The molecule has 6 nitrogen and oxygen atoms in total. The largest absolute Gasteiger partial charge is 0.481 e. The monoisotopic (exact) mass is 492 g/mol. The van der Waals surface area contributed by atoms with Gasteiger partial charge in [-0.2, -0.15) is 0 Å². The highest BCUT2D eigenvalue weighted by Crippen LogP contribution is 2.37. The van der Waals surface area contributed by atoms with Crippen LogP contribution in [-0.4, -0.2) is 33.9 Å².